The van der Waals surface area contributed by atoms with Crippen molar-refractivity contribution in [3.8, 4) is 0 Å². The van der Waals surface area contributed by atoms with Gasteiger partial charge in [0.1, 0.15) is 6.61 Å². The van der Waals surface area contributed by atoms with E-state index in [0.29, 0.717) is 0 Å². The Morgan fingerprint density at radius 3 is 2.25 bits per heavy atom. The van der Waals surface area contributed by atoms with Gasteiger partial charge >= 0.3 is 6.18 Å². The van der Waals surface area contributed by atoms with E-state index in [1.165, 1.54) is 0 Å². The number of halogens is 3. The quantitative estimate of drug-likeness (QED) is 0.750. The summed E-state index contributed by atoms with van der Waals surface area (Å²) in [6, 6.07) is 0. The first kappa shape index (κ1) is 15.2. The van der Waals surface area contributed by atoms with E-state index in [9.17, 15) is 18.0 Å². The molecule has 0 aliphatic heterocycles. The summed E-state index contributed by atoms with van der Waals surface area (Å²) in [5.41, 5.74) is -0.427. The van der Waals surface area contributed by atoms with Crippen LogP contribution in [0, 0.1) is 0 Å². The maximum atomic E-state index is 11.7. The SMILES string of the molecule is CC(C)(C)OCC(=O)NCCCC(F)(F)F. The molecule has 0 atom stereocenters. The highest BCUT2D eigenvalue weighted by Crippen LogP contribution is 2.20. The van der Waals surface area contributed by atoms with Crippen molar-refractivity contribution in [1.29, 1.82) is 0 Å². The Hall–Kier alpha value is -0.780. The summed E-state index contributed by atoms with van der Waals surface area (Å²) in [4.78, 5) is 11.1. The molecule has 0 bridgehead atoms. The molecule has 6 heteroatoms. The molecule has 16 heavy (non-hydrogen) atoms. The van der Waals surface area contributed by atoms with Crippen LogP contribution in [0.4, 0.5) is 13.2 Å². The summed E-state index contributed by atoms with van der Waals surface area (Å²) in [5.74, 6) is -0.392. The van der Waals surface area contributed by atoms with Crippen molar-refractivity contribution in [3.05, 3.63) is 0 Å². The molecule has 0 radical (unpaired) electrons. The third kappa shape index (κ3) is 11.3. The summed E-state index contributed by atoms with van der Waals surface area (Å²) in [7, 11) is 0. The number of carbonyl (C=O) groups excluding carboxylic acids is 1. The first-order valence-corrected chi connectivity index (χ1v) is 5.07. The highest BCUT2D eigenvalue weighted by molar-refractivity contribution is 5.77. The van der Waals surface area contributed by atoms with Gasteiger partial charge in [-0.2, -0.15) is 13.2 Å². The Morgan fingerprint density at radius 1 is 1.25 bits per heavy atom. The van der Waals surface area contributed by atoms with E-state index in [0.717, 1.165) is 0 Å². The standard InChI is InChI=1S/C10H18F3NO2/c1-9(2,3)16-7-8(15)14-6-4-5-10(11,12)13/h4-7H2,1-3H3,(H,14,15). The summed E-state index contributed by atoms with van der Waals surface area (Å²) >= 11 is 0. The molecule has 0 saturated carbocycles. The Bertz CT molecular complexity index is 221. The lowest BCUT2D eigenvalue weighted by atomic mass is 10.2. The summed E-state index contributed by atoms with van der Waals surface area (Å²) in [6.45, 7) is 5.28. The van der Waals surface area contributed by atoms with Crippen molar-refractivity contribution in [2.24, 2.45) is 0 Å². The molecule has 0 unspecified atom stereocenters. The first-order chi connectivity index (χ1) is 7.10. The molecule has 1 amide bonds. The summed E-state index contributed by atoms with van der Waals surface area (Å²) < 4.78 is 40.4. The molecule has 0 heterocycles. The number of carbonyl (C=O) groups is 1. The molecule has 0 aromatic carbocycles. The van der Waals surface area contributed by atoms with Crippen molar-refractivity contribution < 1.29 is 22.7 Å². The Morgan fingerprint density at radius 2 is 1.81 bits per heavy atom. The van der Waals surface area contributed by atoms with Crippen molar-refractivity contribution in [3.63, 3.8) is 0 Å². The molecule has 0 saturated heterocycles. The average Bonchev–Trinajstić information content (AvgIpc) is 2.06. The third-order valence-corrected chi connectivity index (χ3v) is 1.60. The number of ether oxygens (including phenoxy) is 1. The zero-order valence-corrected chi connectivity index (χ0v) is 9.78. The number of amides is 1. The van der Waals surface area contributed by atoms with Gasteiger partial charge in [0.15, 0.2) is 0 Å². The maximum Gasteiger partial charge on any atom is 0.389 e. The van der Waals surface area contributed by atoms with Crippen LogP contribution >= 0.6 is 0 Å². The zero-order chi connectivity index (χ0) is 12.8. The largest absolute Gasteiger partial charge is 0.389 e. The fraction of sp³-hybridized carbons (Fsp3) is 0.900. The highest BCUT2D eigenvalue weighted by atomic mass is 19.4. The minimum Gasteiger partial charge on any atom is -0.366 e. The van der Waals surface area contributed by atoms with E-state index in [1.54, 1.807) is 20.8 Å². The lowest BCUT2D eigenvalue weighted by Crippen LogP contribution is -2.32. The fourth-order valence-electron chi connectivity index (χ4n) is 0.850. The molecule has 3 nitrogen and oxygen atoms in total. The van der Waals surface area contributed by atoms with Crippen LogP contribution in [0.5, 0.6) is 0 Å². The lowest BCUT2D eigenvalue weighted by molar-refractivity contribution is -0.137. The molecule has 0 aromatic heterocycles. The van der Waals surface area contributed by atoms with Crippen molar-refractivity contribution in [2.75, 3.05) is 13.2 Å². The second-order valence-electron chi connectivity index (χ2n) is 4.47. The molecule has 0 aliphatic carbocycles. The van der Waals surface area contributed by atoms with E-state index < -0.39 is 24.1 Å². The summed E-state index contributed by atoms with van der Waals surface area (Å²) in [5, 5.41) is 2.36. The molecular formula is C10H18F3NO2. The van der Waals surface area contributed by atoms with Crippen molar-refractivity contribution in [2.45, 2.75) is 45.4 Å². The van der Waals surface area contributed by atoms with Crippen LogP contribution in [0.2, 0.25) is 0 Å². The van der Waals surface area contributed by atoms with Crippen molar-refractivity contribution >= 4 is 5.91 Å². The second-order valence-corrected chi connectivity index (χ2v) is 4.47. The topological polar surface area (TPSA) is 38.3 Å². The van der Waals surface area contributed by atoms with Gasteiger partial charge < -0.3 is 10.1 Å². The predicted molar refractivity (Wildman–Crippen MR) is 54.0 cm³/mol. The van der Waals surface area contributed by atoms with E-state index in [2.05, 4.69) is 5.32 Å². The van der Waals surface area contributed by atoms with Gasteiger partial charge in [0, 0.05) is 13.0 Å². The van der Waals surface area contributed by atoms with Gasteiger partial charge in [-0.15, -0.1) is 0 Å². The predicted octanol–water partition coefficient (Wildman–Crippen LogP) is 2.26. The number of nitrogens with one attached hydrogen (secondary N) is 1. The lowest BCUT2D eigenvalue weighted by Gasteiger charge is -2.18. The van der Waals surface area contributed by atoms with Gasteiger partial charge in [0.2, 0.25) is 5.91 Å². The molecule has 0 spiro atoms. The van der Waals surface area contributed by atoms with Crippen LogP contribution in [-0.4, -0.2) is 30.8 Å². The van der Waals surface area contributed by atoms with E-state index in [-0.39, 0.29) is 19.6 Å². The van der Waals surface area contributed by atoms with Crippen LogP contribution in [-0.2, 0) is 9.53 Å². The maximum absolute atomic E-state index is 11.7. The third-order valence-electron chi connectivity index (χ3n) is 1.60. The highest BCUT2D eigenvalue weighted by Gasteiger charge is 2.26. The van der Waals surface area contributed by atoms with E-state index >= 15 is 0 Å². The van der Waals surface area contributed by atoms with Crippen LogP contribution in [0.25, 0.3) is 0 Å². The van der Waals surface area contributed by atoms with Gasteiger partial charge in [-0.1, -0.05) is 0 Å². The van der Waals surface area contributed by atoms with Gasteiger partial charge in [-0.05, 0) is 27.2 Å². The molecular weight excluding hydrogens is 223 g/mol. The van der Waals surface area contributed by atoms with Crippen LogP contribution in [0.1, 0.15) is 33.6 Å². The fourth-order valence-corrected chi connectivity index (χ4v) is 0.850. The molecule has 0 aromatic rings. The van der Waals surface area contributed by atoms with Crippen LogP contribution < -0.4 is 5.32 Å². The van der Waals surface area contributed by atoms with E-state index in [1.807, 2.05) is 0 Å². The number of hydrogen-bond acceptors (Lipinski definition) is 2. The van der Waals surface area contributed by atoms with E-state index in [4.69, 9.17) is 4.74 Å². The number of alkyl halides is 3. The minimum absolute atomic E-state index is 0.0197. The van der Waals surface area contributed by atoms with Gasteiger partial charge in [-0.3, -0.25) is 4.79 Å². The molecule has 0 aliphatic rings. The smallest absolute Gasteiger partial charge is 0.366 e. The number of hydrogen-bond donors (Lipinski definition) is 1. The normalized spacial score (nSPS) is 12.6. The molecule has 0 fully saturated rings. The van der Waals surface area contributed by atoms with Crippen molar-refractivity contribution in [1.82, 2.24) is 5.32 Å². The van der Waals surface area contributed by atoms with Crippen LogP contribution in [0.15, 0.2) is 0 Å². The van der Waals surface area contributed by atoms with Gasteiger partial charge in [-0.25, -0.2) is 0 Å². The van der Waals surface area contributed by atoms with Crippen LogP contribution in [0.3, 0.4) is 0 Å². The molecule has 1 N–H and O–H groups in total. The summed E-state index contributed by atoms with van der Waals surface area (Å²) in [6.07, 6.45) is -5.15. The minimum atomic E-state index is -4.16. The number of rotatable bonds is 5. The Balaban J connectivity index is 3.52. The average molecular weight is 241 g/mol. The zero-order valence-electron chi connectivity index (χ0n) is 9.78. The van der Waals surface area contributed by atoms with Gasteiger partial charge in [0.05, 0.1) is 5.60 Å². The monoisotopic (exact) mass is 241 g/mol. The Kier molecular flexibility index (Phi) is 5.78. The first-order valence-electron chi connectivity index (χ1n) is 5.07. The molecule has 0 rings (SSSR count). The van der Waals surface area contributed by atoms with Gasteiger partial charge in [0.25, 0.3) is 0 Å². The second kappa shape index (κ2) is 6.08. The Labute approximate surface area is 93.3 Å². The molecule has 96 valence electrons.